The molecule has 0 radical (unpaired) electrons. The zero-order valence-corrected chi connectivity index (χ0v) is 10.2. The molecule has 2 rings (SSSR count). The van der Waals surface area contributed by atoms with Gasteiger partial charge in [0.05, 0.1) is 0 Å². The molecule has 0 atom stereocenters. The maximum Gasteiger partial charge on any atom is 0.0362 e. The third-order valence-electron chi connectivity index (χ3n) is 3.47. The van der Waals surface area contributed by atoms with Crippen molar-refractivity contribution < 1.29 is 0 Å². The highest BCUT2D eigenvalue weighted by Crippen LogP contribution is 2.24. The molecule has 16 heavy (non-hydrogen) atoms. The van der Waals surface area contributed by atoms with E-state index in [0.29, 0.717) is 0 Å². The number of nitrogen functional groups attached to an aromatic ring is 1. The Morgan fingerprint density at radius 2 is 2.19 bits per heavy atom. The van der Waals surface area contributed by atoms with E-state index in [2.05, 4.69) is 24.0 Å². The Balaban J connectivity index is 1.97. The number of anilines is 1. The van der Waals surface area contributed by atoms with Gasteiger partial charge in [0.15, 0.2) is 0 Å². The van der Waals surface area contributed by atoms with E-state index in [1.54, 1.807) is 0 Å². The molecule has 0 spiro atoms. The van der Waals surface area contributed by atoms with Crippen molar-refractivity contribution in [2.45, 2.75) is 39.2 Å². The molecular weight excluding hydrogens is 196 g/mol. The van der Waals surface area contributed by atoms with Crippen molar-refractivity contribution in [1.82, 2.24) is 4.90 Å². The second kappa shape index (κ2) is 5.35. The predicted molar refractivity (Wildman–Crippen MR) is 69.4 cm³/mol. The molecule has 0 bridgehead atoms. The second-order valence-electron chi connectivity index (χ2n) is 4.72. The van der Waals surface area contributed by atoms with Crippen LogP contribution in [0.2, 0.25) is 0 Å². The number of benzene rings is 1. The van der Waals surface area contributed by atoms with E-state index in [9.17, 15) is 0 Å². The number of hydrogen-bond donors (Lipinski definition) is 1. The minimum atomic E-state index is 0.970. The number of nitrogens with zero attached hydrogens (tertiary/aromatic N) is 1. The van der Waals surface area contributed by atoms with E-state index in [1.165, 1.54) is 43.5 Å². The largest absolute Gasteiger partial charge is 0.398 e. The Labute approximate surface area is 98.4 Å². The van der Waals surface area contributed by atoms with Crippen LogP contribution in [0.15, 0.2) is 18.2 Å². The Morgan fingerprint density at radius 1 is 1.31 bits per heavy atom. The summed E-state index contributed by atoms with van der Waals surface area (Å²) >= 11 is 0. The molecule has 1 aliphatic rings. The molecule has 0 saturated carbocycles. The lowest BCUT2D eigenvalue weighted by atomic mass is 9.98. The zero-order chi connectivity index (χ0) is 11.4. The summed E-state index contributed by atoms with van der Waals surface area (Å²) < 4.78 is 0. The number of rotatable bonds is 4. The van der Waals surface area contributed by atoms with Crippen LogP contribution in [-0.2, 0) is 13.0 Å². The zero-order valence-electron chi connectivity index (χ0n) is 10.2. The number of nitrogens with two attached hydrogens (primary N) is 1. The summed E-state index contributed by atoms with van der Waals surface area (Å²) in [5.41, 5.74) is 9.82. The first kappa shape index (κ1) is 11.5. The van der Waals surface area contributed by atoms with E-state index in [-0.39, 0.29) is 0 Å². The first-order chi connectivity index (χ1) is 7.81. The molecule has 1 aromatic carbocycles. The number of unbranched alkanes of at least 4 members (excludes halogenated alkanes) is 2. The quantitative estimate of drug-likeness (QED) is 0.622. The van der Waals surface area contributed by atoms with E-state index in [0.717, 1.165) is 18.7 Å². The minimum Gasteiger partial charge on any atom is -0.398 e. The molecule has 0 unspecified atom stereocenters. The van der Waals surface area contributed by atoms with Crippen molar-refractivity contribution in [2.75, 3.05) is 18.8 Å². The molecule has 0 fully saturated rings. The van der Waals surface area contributed by atoms with Crippen LogP contribution in [-0.4, -0.2) is 18.0 Å². The van der Waals surface area contributed by atoms with Gasteiger partial charge in [-0.05, 0) is 36.6 Å². The van der Waals surface area contributed by atoms with Gasteiger partial charge < -0.3 is 5.73 Å². The summed E-state index contributed by atoms with van der Waals surface area (Å²) in [5, 5.41) is 0. The van der Waals surface area contributed by atoms with Crippen LogP contribution in [0.25, 0.3) is 0 Å². The lowest BCUT2D eigenvalue weighted by Gasteiger charge is -2.29. The van der Waals surface area contributed by atoms with Crippen molar-refractivity contribution in [2.24, 2.45) is 0 Å². The third-order valence-corrected chi connectivity index (χ3v) is 3.47. The molecule has 0 saturated heterocycles. The maximum atomic E-state index is 6.03. The SMILES string of the molecule is CCCCCN1CCc2cccc(N)c2C1. The van der Waals surface area contributed by atoms with Gasteiger partial charge in [0.1, 0.15) is 0 Å². The van der Waals surface area contributed by atoms with Crippen LogP contribution >= 0.6 is 0 Å². The van der Waals surface area contributed by atoms with Crippen LogP contribution in [0.5, 0.6) is 0 Å². The van der Waals surface area contributed by atoms with Gasteiger partial charge in [-0.25, -0.2) is 0 Å². The van der Waals surface area contributed by atoms with Crippen LogP contribution in [0, 0.1) is 0 Å². The third kappa shape index (κ3) is 2.56. The van der Waals surface area contributed by atoms with Gasteiger partial charge >= 0.3 is 0 Å². The van der Waals surface area contributed by atoms with Crippen molar-refractivity contribution in [3.8, 4) is 0 Å². The smallest absolute Gasteiger partial charge is 0.0362 e. The predicted octanol–water partition coefficient (Wildman–Crippen LogP) is 2.82. The van der Waals surface area contributed by atoms with Gasteiger partial charge in [0, 0.05) is 18.8 Å². The van der Waals surface area contributed by atoms with Gasteiger partial charge in [-0.3, -0.25) is 4.90 Å². The van der Waals surface area contributed by atoms with Gasteiger partial charge in [0.25, 0.3) is 0 Å². The van der Waals surface area contributed by atoms with Gasteiger partial charge in [0.2, 0.25) is 0 Å². The van der Waals surface area contributed by atoms with E-state index in [1.807, 2.05) is 6.07 Å². The lowest BCUT2D eigenvalue weighted by molar-refractivity contribution is 0.249. The van der Waals surface area contributed by atoms with Crippen LogP contribution < -0.4 is 5.73 Å². The summed E-state index contributed by atoms with van der Waals surface area (Å²) in [6.07, 6.45) is 5.12. The highest BCUT2D eigenvalue weighted by molar-refractivity contribution is 5.51. The van der Waals surface area contributed by atoms with Crippen LogP contribution in [0.4, 0.5) is 5.69 Å². The Hall–Kier alpha value is -1.02. The second-order valence-corrected chi connectivity index (χ2v) is 4.72. The van der Waals surface area contributed by atoms with Gasteiger partial charge in [-0.1, -0.05) is 31.9 Å². The van der Waals surface area contributed by atoms with Crippen LogP contribution in [0.3, 0.4) is 0 Å². The first-order valence-corrected chi connectivity index (χ1v) is 6.40. The average molecular weight is 218 g/mol. The number of hydrogen-bond acceptors (Lipinski definition) is 2. The first-order valence-electron chi connectivity index (χ1n) is 6.40. The summed E-state index contributed by atoms with van der Waals surface area (Å²) in [6, 6.07) is 6.31. The fraction of sp³-hybridized carbons (Fsp3) is 0.571. The fourth-order valence-corrected chi connectivity index (χ4v) is 2.44. The summed E-state index contributed by atoms with van der Waals surface area (Å²) in [6.45, 7) is 5.72. The lowest BCUT2D eigenvalue weighted by Crippen LogP contribution is -2.31. The molecule has 0 aliphatic carbocycles. The van der Waals surface area contributed by atoms with Gasteiger partial charge in [-0.15, -0.1) is 0 Å². The van der Waals surface area contributed by atoms with Gasteiger partial charge in [-0.2, -0.15) is 0 Å². The monoisotopic (exact) mass is 218 g/mol. The Morgan fingerprint density at radius 3 is 3.00 bits per heavy atom. The standard InChI is InChI=1S/C14H22N2/c1-2-3-4-9-16-10-8-12-6-5-7-14(15)13(12)11-16/h5-7H,2-4,8-11,15H2,1H3. The summed E-state index contributed by atoms with van der Waals surface area (Å²) in [5.74, 6) is 0. The topological polar surface area (TPSA) is 29.3 Å². The Bertz CT molecular complexity index is 347. The molecule has 2 N–H and O–H groups in total. The molecule has 2 heteroatoms. The fourth-order valence-electron chi connectivity index (χ4n) is 2.44. The highest BCUT2D eigenvalue weighted by Gasteiger charge is 2.17. The molecule has 1 aromatic rings. The molecule has 88 valence electrons. The van der Waals surface area contributed by atoms with Crippen LogP contribution in [0.1, 0.15) is 37.3 Å². The molecule has 0 amide bonds. The highest BCUT2D eigenvalue weighted by atomic mass is 15.1. The molecule has 2 nitrogen and oxygen atoms in total. The summed E-state index contributed by atoms with van der Waals surface area (Å²) in [7, 11) is 0. The Kier molecular flexibility index (Phi) is 3.83. The molecular formula is C14H22N2. The number of fused-ring (bicyclic) bond motifs is 1. The van der Waals surface area contributed by atoms with Crippen molar-refractivity contribution in [3.05, 3.63) is 29.3 Å². The van der Waals surface area contributed by atoms with E-state index in [4.69, 9.17) is 5.73 Å². The summed E-state index contributed by atoms with van der Waals surface area (Å²) in [4.78, 5) is 2.54. The maximum absolute atomic E-state index is 6.03. The van der Waals surface area contributed by atoms with E-state index >= 15 is 0 Å². The van der Waals surface area contributed by atoms with E-state index < -0.39 is 0 Å². The average Bonchev–Trinajstić information content (AvgIpc) is 2.30. The molecule has 1 aliphatic heterocycles. The van der Waals surface area contributed by atoms with Crippen molar-refractivity contribution in [1.29, 1.82) is 0 Å². The minimum absolute atomic E-state index is 0.970. The molecule has 0 aromatic heterocycles. The van der Waals surface area contributed by atoms with Crippen molar-refractivity contribution in [3.63, 3.8) is 0 Å². The molecule has 1 heterocycles. The normalized spacial score (nSPS) is 16.1. The van der Waals surface area contributed by atoms with Crippen molar-refractivity contribution >= 4 is 5.69 Å².